The van der Waals surface area contributed by atoms with Crippen molar-refractivity contribution in [2.45, 2.75) is 39.0 Å². The lowest BCUT2D eigenvalue weighted by Crippen LogP contribution is -2.40. The minimum absolute atomic E-state index is 0.472. The van der Waals surface area contributed by atoms with Crippen LogP contribution in [-0.2, 0) is 6.42 Å². The molecule has 0 saturated heterocycles. The first kappa shape index (κ1) is 13.6. The van der Waals surface area contributed by atoms with Gasteiger partial charge in [-0.15, -0.1) is 0 Å². The van der Waals surface area contributed by atoms with Crippen LogP contribution in [0.3, 0.4) is 0 Å². The van der Waals surface area contributed by atoms with E-state index in [4.69, 9.17) is 0 Å². The van der Waals surface area contributed by atoms with Crippen LogP contribution in [0, 0.1) is 17.3 Å². The number of hydrogen-bond acceptors (Lipinski definition) is 2. The van der Waals surface area contributed by atoms with Gasteiger partial charge in [-0.3, -0.25) is 4.98 Å². The predicted molar refractivity (Wildman–Crippen MR) is 82.1 cm³/mol. The van der Waals surface area contributed by atoms with Crippen LogP contribution in [0.2, 0.25) is 0 Å². The summed E-state index contributed by atoms with van der Waals surface area (Å²) in [6.45, 7) is 4.45. The van der Waals surface area contributed by atoms with Gasteiger partial charge < -0.3 is 5.32 Å². The van der Waals surface area contributed by atoms with Crippen LogP contribution in [0.1, 0.15) is 38.3 Å². The second-order valence-corrected chi connectivity index (χ2v) is 7.28. The van der Waals surface area contributed by atoms with Gasteiger partial charge in [0.2, 0.25) is 0 Å². The van der Waals surface area contributed by atoms with Gasteiger partial charge in [0.15, 0.2) is 0 Å². The van der Waals surface area contributed by atoms with Crippen molar-refractivity contribution in [3.8, 4) is 0 Å². The Morgan fingerprint density at radius 3 is 2.89 bits per heavy atom. The molecule has 0 radical (unpaired) electrons. The van der Waals surface area contributed by atoms with Crippen molar-refractivity contribution in [2.75, 3.05) is 13.1 Å². The smallest absolute Gasteiger partial charge is 0.0413 e. The van der Waals surface area contributed by atoms with Crippen molar-refractivity contribution in [2.24, 2.45) is 17.3 Å². The van der Waals surface area contributed by atoms with Gasteiger partial charge in [-0.2, -0.15) is 0 Å². The second-order valence-electron chi connectivity index (χ2n) is 6.37. The molecule has 3 heteroatoms. The Bertz CT molecular complexity index is 431. The number of aromatic nitrogens is 1. The van der Waals surface area contributed by atoms with Crippen molar-refractivity contribution in [1.29, 1.82) is 0 Å². The van der Waals surface area contributed by atoms with E-state index in [0.29, 0.717) is 5.41 Å². The van der Waals surface area contributed by atoms with E-state index in [0.717, 1.165) is 29.3 Å². The van der Waals surface area contributed by atoms with Crippen molar-refractivity contribution >= 4 is 15.9 Å². The number of rotatable bonds is 5. The van der Waals surface area contributed by atoms with E-state index < -0.39 is 0 Å². The first-order chi connectivity index (χ1) is 9.22. The quantitative estimate of drug-likeness (QED) is 0.891. The molecule has 19 heavy (non-hydrogen) atoms. The summed E-state index contributed by atoms with van der Waals surface area (Å²) in [4.78, 5) is 4.60. The maximum absolute atomic E-state index is 4.60. The van der Waals surface area contributed by atoms with E-state index >= 15 is 0 Å². The maximum Gasteiger partial charge on any atom is 0.0413 e. The van der Waals surface area contributed by atoms with Crippen LogP contribution < -0.4 is 5.32 Å². The summed E-state index contributed by atoms with van der Waals surface area (Å²) < 4.78 is 1.07. The van der Waals surface area contributed by atoms with Gasteiger partial charge in [0.1, 0.15) is 0 Å². The number of pyridine rings is 1. The fourth-order valence-corrected chi connectivity index (χ4v) is 4.53. The first-order valence-electron chi connectivity index (χ1n) is 7.53. The van der Waals surface area contributed by atoms with Gasteiger partial charge in [-0.1, -0.05) is 13.3 Å². The first-order valence-corrected chi connectivity index (χ1v) is 8.32. The van der Waals surface area contributed by atoms with Crippen molar-refractivity contribution in [3.63, 3.8) is 0 Å². The average molecular weight is 323 g/mol. The Morgan fingerprint density at radius 1 is 1.42 bits per heavy atom. The van der Waals surface area contributed by atoms with E-state index in [9.17, 15) is 0 Å². The fraction of sp³-hybridized carbons (Fsp3) is 0.688. The van der Waals surface area contributed by atoms with Crippen LogP contribution in [0.5, 0.6) is 0 Å². The Morgan fingerprint density at radius 2 is 2.32 bits per heavy atom. The number of nitrogens with zero attached hydrogens (tertiary/aromatic N) is 1. The third-order valence-corrected chi connectivity index (χ3v) is 5.62. The van der Waals surface area contributed by atoms with Crippen LogP contribution in [0.4, 0.5) is 0 Å². The van der Waals surface area contributed by atoms with Gasteiger partial charge in [0, 0.05) is 22.9 Å². The molecule has 2 nitrogen and oxygen atoms in total. The average Bonchev–Trinajstić information content (AvgIpc) is 3.00. The van der Waals surface area contributed by atoms with Gasteiger partial charge in [0.25, 0.3) is 0 Å². The zero-order chi connectivity index (χ0) is 13.3. The number of fused-ring (bicyclic) bond motifs is 2. The summed E-state index contributed by atoms with van der Waals surface area (Å²) in [5, 5.41) is 3.61. The Balaban J connectivity index is 1.78. The topological polar surface area (TPSA) is 24.9 Å². The summed E-state index contributed by atoms with van der Waals surface area (Å²) >= 11 is 3.47. The van der Waals surface area contributed by atoms with E-state index in [2.05, 4.69) is 45.3 Å². The number of hydrogen-bond donors (Lipinski definition) is 1. The molecule has 2 saturated carbocycles. The molecule has 2 fully saturated rings. The fourth-order valence-electron chi connectivity index (χ4n) is 4.30. The summed E-state index contributed by atoms with van der Waals surface area (Å²) in [6, 6.07) is 4.31. The van der Waals surface area contributed by atoms with E-state index in [1.54, 1.807) is 0 Å². The van der Waals surface area contributed by atoms with Crippen LogP contribution in [0.15, 0.2) is 22.8 Å². The predicted octanol–water partition coefficient (Wildman–Crippen LogP) is 3.80. The van der Waals surface area contributed by atoms with E-state index in [1.165, 1.54) is 37.9 Å². The van der Waals surface area contributed by atoms with Crippen molar-refractivity contribution < 1.29 is 0 Å². The van der Waals surface area contributed by atoms with Gasteiger partial charge in [-0.25, -0.2) is 0 Å². The summed E-state index contributed by atoms with van der Waals surface area (Å²) in [5.41, 5.74) is 1.73. The Hall–Kier alpha value is -0.410. The molecule has 104 valence electrons. The van der Waals surface area contributed by atoms with Gasteiger partial charge in [-0.05, 0) is 77.5 Å². The normalized spacial score (nSPS) is 32.9. The summed E-state index contributed by atoms with van der Waals surface area (Å²) in [6.07, 6.45) is 8.85. The molecule has 3 rings (SSSR count). The summed E-state index contributed by atoms with van der Waals surface area (Å²) in [5.74, 6) is 1.90. The minimum atomic E-state index is 0.472. The lowest BCUT2D eigenvalue weighted by atomic mass is 9.70. The SMILES string of the molecule is CCNCC1(Cc2ccc(Br)cn2)CC2CCC1C2. The molecule has 1 aromatic rings. The Labute approximate surface area is 124 Å². The molecule has 3 unspecified atom stereocenters. The van der Waals surface area contributed by atoms with E-state index in [-0.39, 0.29) is 0 Å². The minimum Gasteiger partial charge on any atom is -0.316 e. The van der Waals surface area contributed by atoms with E-state index in [1.807, 2.05) is 6.20 Å². The molecule has 2 aliphatic carbocycles. The monoisotopic (exact) mass is 322 g/mol. The van der Waals surface area contributed by atoms with Crippen LogP contribution in [0.25, 0.3) is 0 Å². The lowest BCUT2D eigenvalue weighted by Gasteiger charge is -2.38. The molecule has 1 aromatic heterocycles. The summed E-state index contributed by atoms with van der Waals surface area (Å²) in [7, 11) is 0. The Kier molecular flexibility index (Phi) is 3.95. The van der Waals surface area contributed by atoms with Crippen LogP contribution >= 0.6 is 15.9 Å². The molecule has 3 atom stereocenters. The zero-order valence-corrected chi connectivity index (χ0v) is 13.2. The molecule has 0 aliphatic heterocycles. The maximum atomic E-state index is 4.60. The highest BCUT2D eigenvalue weighted by atomic mass is 79.9. The highest BCUT2D eigenvalue weighted by molar-refractivity contribution is 9.10. The second kappa shape index (κ2) is 5.53. The number of nitrogens with one attached hydrogen (secondary N) is 1. The van der Waals surface area contributed by atoms with Crippen molar-refractivity contribution in [1.82, 2.24) is 10.3 Å². The van der Waals surface area contributed by atoms with Gasteiger partial charge in [0.05, 0.1) is 0 Å². The third kappa shape index (κ3) is 2.73. The molecular weight excluding hydrogens is 300 g/mol. The molecular formula is C16H23BrN2. The standard InChI is InChI=1S/C16H23BrN2/c1-2-18-11-16(8-12-3-4-13(16)7-12)9-15-6-5-14(17)10-19-15/h5-6,10,12-13,18H,2-4,7-9,11H2,1H3. The van der Waals surface area contributed by atoms with Crippen molar-refractivity contribution in [3.05, 3.63) is 28.5 Å². The molecule has 2 bridgehead atoms. The highest BCUT2D eigenvalue weighted by Gasteiger charge is 2.50. The highest BCUT2D eigenvalue weighted by Crippen LogP contribution is 2.56. The molecule has 2 aliphatic rings. The third-order valence-electron chi connectivity index (χ3n) is 5.15. The largest absolute Gasteiger partial charge is 0.316 e. The van der Waals surface area contributed by atoms with Crippen LogP contribution in [-0.4, -0.2) is 18.1 Å². The molecule has 0 aromatic carbocycles. The molecule has 0 amide bonds. The zero-order valence-electron chi connectivity index (χ0n) is 11.7. The van der Waals surface area contributed by atoms with Gasteiger partial charge >= 0.3 is 0 Å². The molecule has 1 heterocycles. The number of halogens is 1. The lowest BCUT2D eigenvalue weighted by molar-refractivity contribution is 0.156. The molecule has 1 N–H and O–H groups in total. The molecule has 0 spiro atoms.